The van der Waals surface area contributed by atoms with Crippen molar-refractivity contribution in [2.45, 2.75) is 19.3 Å². The van der Waals surface area contributed by atoms with Gasteiger partial charge in [0.05, 0.1) is 23.3 Å². The van der Waals surface area contributed by atoms with Crippen molar-refractivity contribution in [2.75, 3.05) is 13.7 Å². The molecule has 3 aromatic rings. The summed E-state index contributed by atoms with van der Waals surface area (Å²) >= 11 is 9.96. The maximum Gasteiger partial charge on any atom is 0.212 e. The van der Waals surface area contributed by atoms with Gasteiger partial charge in [0.25, 0.3) is 0 Å². The van der Waals surface area contributed by atoms with Gasteiger partial charge >= 0.3 is 0 Å². The molecular weight excluding hydrogens is 390 g/mol. The van der Waals surface area contributed by atoms with Crippen LogP contribution in [0, 0.1) is 0 Å². The number of ether oxygens (including phenoxy) is 1. The zero-order valence-electron chi connectivity index (χ0n) is 13.4. The second kappa shape index (κ2) is 7.55. The molecule has 0 fully saturated rings. The molecule has 1 aromatic carbocycles. The Balaban J connectivity index is 2.13. The lowest BCUT2D eigenvalue weighted by molar-refractivity contribution is 0.398. The summed E-state index contributed by atoms with van der Waals surface area (Å²) in [6.07, 6.45) is 4.78. The van der Waals surface area contributed by atoms with E-state index in [1.165, 1.54) is 5.56 Å². The quantitative estimate of drug-likeness (QED) is 0.568. The summed E-state index contributed by atoms with van der Waals surface area (Å²) in [5.41, 5.74) is 9.91. The van der Waals surface area contributed by atoms with E-state index < -0.39 is 0 Å². The molecule has 0 saturated heterocycles. The first kappa shape index (κ1) is 17.3. The third kappa shape index (κ3) is 3.43. The van der Waals surface area contributed by atoms with Gasteiger partial charge in [0.2, 0.25) is 5.88 Å². The van der Waals surface area contributed by atoms with Crippen LogP contribution in [-0.4, -0.2) is 23.6 Å². The molecule has 0 spiro atoms. The minimum absolute atomic E-state index is 0.598. The molecule has 0 radical (unpaired) electrons. The fourth-order valence-corrected chi connectivity index (χ4v) is 3.73. The average molecular weight is 409 g/mol. The van der Waals surface area contributed by atoms with Gasteiger partial charge in [0, 0.05) is 27.7 Å². The Morgan fingerprint density at radius 2 is 2.12 bits per heavy atom. The fourth-order valence-electron chi connectivity index (χ4n) is 2.87. The number of nitrogens with one attached hydrogen (secondary N) is 1. The number of benzene rings is 1. The Bertz CT molecular complexity index is 846. The highest BCUT2D eigenvalue weighted by Crippen LogP contribution is 2.36. The zero-order chi connectivity index (χ0) is 17.1. The lowest BCUT2D eigenvalue weighted by Gasteiger charge is -2.06. The van der Waals surface area contributed by atoms with Crippen LogP contribution in [0.1, 0.15) is 18.4 Å². The van der Waals surface area contributed by atoms with E-state index in [0.717, 1.165) is 45.9 Å². The highest BCUT2D eigenvalue weighted by atomic mass is 79.9. The number of pyridine rings is 1. The van der Waals surface area contributed by atoms with E-state index in [2.05, 4.69) is 32.0 Å². The molecule has 4 nitrogen and oxygen atoms in total. The van der Waals surface area contributed by atoms with Crippen molar-refractivity contribution in [3.05, 3.63) is 45.5 Å². The van der Waals surface area contributed by atoms with Gasteiger partial charge < -0.3 is 15.5 Å². The predicted molar refractivity (Wildman–Crippen MR) is 103 cm³/mol. The topological polar surface area (TPSA) is 63.9 Å². The number of hydrogen-bond acceptors (Lipinski definition) is 3. The van der Waals surface area contributed by atoms with Crippen LogP contribution in [0.5, 0.6) is 5.88 Å². The molecule has 0 atom stereocenters. The highest BCUT2D eigenvalue weighted by molar-refractivity contribution is 9.10. The van der Waals surface area contributed by atoms with Gasteiger partial charge in [0.15, 0.2) is 0 Å². The monoisotopic (exact) mass is 407 g/mol. The van der Waals surface area contributed by atoms with Crippen molar-refractivity contribution >= 4 is 38.4 Å². The second-order valence-corrected chi connectivity index (χ2v) is 6.95. The Labute approximate surface area is 154 Å². The number of nitrogens with two attached hydrogens (primary N) is 1. The Kier molecular flexibility index (Phi) is 5.43. The van der Waals surface area contributed by atoms with Gasteiger partial charge in [-0.1, -0.05) is 27.5 Å². The van der Waals surface area contributed by atoms with Crippen molar-refractivity contribution in [3.8, 4) is 17.1 Å². The lowest BCUT2D eigenvalue weighted by atomic mass is 10.0. The second-order valence-electron chi connectivity index (χ2n) is 5.62. The molecule has 0 aliphatic rings. The van der Waals surface area contributed by atoms with Crippen molar-refractivity contribution in [1.82, 2.24) is 9.97 Å². The number of rotatable bonds is 6. The third-order valence-corrected chi connectivity index (χ3v) is 4.80. The molecule has 0 aliphatic carbocycles. The van der Waals surface area contributed by atoms with Gasteiger partial charge in [0.1, 0.15) is 0 Å². The zero-order valence-corrected chi connectivity index (χ0v) is 15.7. The van der Waals surface area contributed by atoms with Crippen LogP contribution in [0.3, 0.4) is 0 Å². The largest absolute Gasteiger partial charge is 0.481 e. The Morgan fingerprint density at radius 1 is 1.29 bits per heavy atom. The smallest absolute Gasteiger partial charge is 0.212 e. The number of aryl methyl sites for hydroxylation is 1. The Morgan fingerprint density at radius 3 is 2.79 bits per heavy atom. The summed E-state index contributed by atoms with van der Waals surface area (Å²) in [4.78, 5) is 7.79. The molecule has 2 aromatic heterocycles. The van der Waals surface area contributed by atoms with Crippen LogP contribution in [-0.2, 0) is 6.42 Å². The van der Waals surface area contributed by atoms with Gasteiger partial charge in [-0.3, -0.25) is 0 Å². The summed E-state index contributed by atoms with van der Waals surface area (Å²) in [6, 6.07) is 7.88. The maximum atomic E-state index is 6.43. The standard InChI is InChI=1S/C18H19BrClN3O/c1-24-16-6-5-11(10-22-16)17-13(4-2-3-7-21)14-8-12(19)9-15(20)18(14)23-17/h5-6,8-10,23H,2-4,7,21H2,1H3. The maximum absolute atomic E-state index is 6.43. The third-order valence-electron chi connectivity index (χ3n) is 4.05. The van der Waals surface area contributed by atoms with Crippen LogP contribution in [0.2, 0.25) is 5.02 Å². The molecule has 0 saturated carbocycles. The summed E-state index contributed by atoms with van der Waals surface area (Å²) in [7, 11) is 1.61. The van der Waals surface area contributed by atoms with E-state index in [-0.39, 0.29) is 0 Å². The summed E-state index contributed by atoms with van der Waals surface area (Å²) in [6.45, 7) is 0.701. The number of H-pyrrole nitrogens is 1. The summed E-state index contributed by atoms with van der Waals surface area (Å²) in [5, 5.41) is 1.84. The number of methoxy groups -OCH3 is 1. The number of unbranched alkanes of at least 4 members (excludes halogenated alkanes) is 1. The van der Waals surface area contributed by atoms with Gasteiger partial charge in [-0.2, -0.15) is 0 Å². The molecule has 126 valence electrons. The molecule has 0 amide bonds. The van der Waals surface area contributed by atoms with Gasteiger partial charge in [-0.05, 0) is 49.6 Å². The predicted octanol–water partition coefficient (Wildman–Crippen LogP) is 4.94. The SMILES string of the molecule is COc1ccc(-c2[nH]c3c(Cl)cc(Br)cc3c2CCCCN)cn1. The lowest BCUT2D eigenvalue weighted by Crippen LogP contribution is -1.99. The first-order valence-electron chi connectivity index (χ1n) is 7.84. The van der Waals surface area contributed by atoms with E-state index >= 15 is 0 Å². The molecular formula is C18H19BrClN3O. The van der Waals surface area contributed by atoms with Crippen molar-refractivity contribution < 1.29 is 4.74 Å². The molecule has 3 rings (SSSR count). The first-order chi connectivity index (χ1) is 11.6. The molecule has 24 heavy (non-hydrogen) atoms. The van der Waals surface area contributed by atoms with E-state index in [4.69, 9.17) is 22.1 Å². The van der Waals surface area contributed by atoms with Crippen LogP contribution in [0.15, 0.2) is 34.9 Å². The van der Waals surface area contributed by atoms with Gasteiger partial charge in [-0.15, -0.1) is 0 Å². The van der Waals surface area contributed by atoms with E-state index in [0.29, 0.717) is 17.4 Å². The fraction of sp³-hybridized carbons (Fsp3) is 0.278. The number of aromatic nitrogens is 2. The Hall–Kier alpha value is -1.56. The minimum atomic E-state index is 0.598. The molecule has 3 N–H and O–H groups in total. The molecule has 0 bridgehead atoms. The first-order valence-corrected chi connectivity index (χ1v) is 9.01. The van der Waals surface area contributed by atoms with E-state index in [1.807, 2.05) is 24.4 Å². The normalized spacial score (nSPS) is 11.2. The van der Waals surface area contributed by atoms with Crippen LogP contribution < -0.4 is 10.5 Å². The van der Waals surface area contributed by atoms with Crippen molar-refractivity contribution in [2.24, 2.45) is 5.73 Å². The van der Waals surface area contributed by atoms with Gasteiger partial charge in [-0.25, -0.2) is 4.98 Å². The van der Waals surface area contributed by atoms with E-state index in [9.17, 15) is 0 Å². The molecule has 2 heterocycles. The molecule has 0 unspecified atom stereocenters. The molecule has 0 aliphatic heterocycles. The number of halogens is 2. The summed E-state index contributed by atoms with van der Waals surface area (Å²) in [5.74, 6) is 0.598. The average Bonchev–Trinajstić information content (AvgIpc) is 2.94. The summed E-state index contributed by atoms with van der Waals surface area (Å²) < 4.78 is 6.12. The van der Waals surface area contributed by atoms with Crippen LogP contribution in [0.4, 0.5) is 0 Å². The van der Waals surface area contributed by atoms with E-state index in [1.54, 1.807) is 7.11 Å². The molecule has 6 heteroatoms. The number of aromatic amines is 1. The van der Waals surface area contributed by atoms with Crippen LogP contribution in [0.25, 0.3) is 22.2 Å². The minimum Gasteiger partial charge on any atom is -0.481 e. The highest BCUT2D eigenvalue weighted by Gasteiger charge is 2.16. The van der Waals surface area contributed by atoms with Crippen molar-refractivity contribution in [3.63, 3.8) is 0 Å². The number of hydrogen-bond donors (Lipinski definition) is 2. The number of fused-ring (bicyclic) bond motifs is 1. The number of nitrogens with zero attached hydrogens (tertiary/aromatic N) is 1. The van der Waals surface area contributed by atoms with Crippen molar-refractivity contribution in [1.29, 1.82) is 0 Å². The van der Waals surface area contributed by atoms with Crippen LogP contribution >= 0.6 is 27.5 Å².